The molecular weight excluding hydrogens is 330 g/mol. The second-order valence-corrected chi connectivity index (χ2v) is 6.81. The first-order valence-electron chi connectivity index (χ1n) is 9.03. The Balaban J connectivity index is 1.57. The van der Waals surface area contributed by atoms with Gasteiger partial charge < -0.3 is 15.1 Å². The Hall–Kier alpha value is -2.60. The van der Waals surface area contributed by atoms with Crippen LogP contribution in [0.2, 0.25) is 0 Å². The standard InChI is InChI=1S/C20H25N3O3/c1-15-8-10-23(11-9-15)14-19(24)22-18-7-3-2-6-17(18)20(25)21-13-16-5-4-12-26-16/h2-7,12,15H,8-11,13-14H2,1H3,(H,21,25)(H,22,24). The first-order valence-corrected chi connectivity index (χ1v) is 9.03. The molecule has 1 saturated heterocycles. The number of benzene rings is 1. The highest BCUT2D eigenvalue weighted by molar-refractivity contribution is 6.04. The maximum atomic E-state index is 12.5. The molecule has 2 aromatic rings. The Labute approximate surface area is 153 Å². The summed E-state index contributed by atoms with van der Waals surface area (Å²) in [6.07, 6.45) is 3.81. The van der Waals surface area contributed by atoms with Crippen molar-refractivity contribution in [2.75, 3.05) is 25.0 Å². The van der Waals surface area contributed by atoms with Crippen molar-refractivity contribution in [1.29, 1.82) is 0 Å². The summed E-state index contributed by atoms with van der Waals surface area (Å²) in [5.41, 5.74) is 0.972. The van der Waals surface area contributed by atoms with Crippen LogP contribution in [0.5, 0.6) is 0 Å². The minimum atomic E-state index is -0.246. The number of likely N-dealkylation sites (tertiary alicyclic amines) is 1. The van der Waals surface area contributed by atoms with Crippen molar-refractivity contribution >= 4 is 17.5 Å². The summed E-state index contributed by atoms with van der Waals surface area (Å²) < 4.78 is 5.22. The third kappa shape index (κ3) is 4.95. The Morgan fingerprint density at radius 2 is 1.92 bits per heavy atom. The molecule has 0 radical (unpaired) electrons. The van der Waals surface area contributed by atoms with Gasteiger partial charge in [-0.1, -0.05) is 19.1 Å². The lowest BCUT2D eigenvalue weighted by molar-refractivity contribution is -0.117. The van der Waals surface area contributed by atoms with Crippen LogP contribution in [0.25, 0.3) is 0 Å². The summed E-state index contributed by atoms with van der Waals surface area (Å²) in [7, 11) is 0. The van der Waals surface area contributed by atoms with Gasteiger partial charge in [0.1, 0.15) is 5.76 Å². The summed E-state index contributed by atoms with van der Waals surface area (Å²) in [4.78, 5) is 27.0. The summed E-state index contributed by atoms with van der Waals surface area (Å²) in [6.45, 7) is 4.80. The maximum Gasteiger partial charge on any atom is 0.253 e. The van der Waals surface area contributed by atoms with Crippen LogP contribution in [-0.4, -0.2) is 36.3 Å². The molecule has 0 unspecified atom stereocenters. The molecule has 2 heterocycles. The van der Waals surface area contributed by atoms with E-state index in [2.05, 4.69) is 22.5 Å². The van der Waals surface area contributed by atoms with Gasteiger partial charge >= 0.3 is 0 Å². The number of furan rings is 1. The molecule has 0 bridgehead atoms. The van der Waals surface area contributed by atoms with Crippen LogP contribution >= 0.6 is 0 Å². The number of amides is 2. The molecule has 2 amide bonds. The number of para-hydroxylation sites is 1. The molecular formula is C20H25N3O3. The zero-order chi connectivity index (χ0) is 18.4. The van der Waals surface area contributed by atoms with Gasteiger partial charge in [-0.2, -0.15) is 0 Å². The number of rotatable bonds is 6. The normalized spacial score (nSPS) is 15.6. The molecule has 0 atom stereocenters. The average molecular weight is 355 g/mol. The number of piperidine rings is 1. The molecule has 1 aliphatic rings. The molecule has 1 aromatic carbocycles. The molecule has 2 N–H and O–H groups in total. The zero-order valence-corrected chi connectivity index (χ0v) is 15.0. The smallest absolute Gasteiger partial charge is 0.253 e. The van der Waals surface area contributed by atoms with Gasteiger partial charge in [-0.3, -0.25) is 14.5 Å². The minimum absolute atomic E-state index is 0.0918. The Morgan fingerprint density at radius 3 is 2.65 bits per heavy atom. The first-order chi connectivity index (χ1) is 12.6. The largest absolute Gasteiger partial charge is 0.467 e. The van der Waals surface area contributed by atoms with Crippen LogP contribution < -0.4 is 10.6 Å². The Kier molecular flexibility index (Phi) is 6.07. The molecule has 0 aliphatic carbocycles. The van der Waals surface area contributed by atoms with E-state index in [4.69, 9.17) is 4.42 Å². The fourth-order valence-electron chi connectivity index (χ4n) is 3.08. The number of nitrogens with one attached hydrogen (secondary N) is 2. The van der Waals surface area contributed by atoms with Crippen molar-refractivity contribution in [3.8, 4) is 0 Å². The molecule has 0 spiro atoms. The first kappa shape index (κ1) is 18.2. The van der Waals surface area contributed by atoms with Crippen molar-refractivity contribution in [1.82, 2.24) is 10.2 Å². The lowest BCUT2D eigenvalue weighted by Gasteiger charge is -2.29. The highest BCUT2D eigenvalue weighted by Gasteiger charge is 2.19. The summed E-state index contributed by atoms with van der Waals surface area (Å²) in [5.74, 6) is 1.07. The monoisotopic (exact) mass is 355 g/mol. The molecule has 1 aliphatic heterocycles. The van der Waals surface area contributed by atoms with Gasteiger partial charge in [0.15, 0.2) is 0 Å². The van der Waals surface area contributed by atoms with E-state index < -0.39 is 0 Å². The van der Waals surface area contributed by atoms with E-state index in [0.717, 1.165) is 31.8 Å². The molecule has 6 heteroatoms. The quantitative estimate of drug-likeness (QED) is 0.836. The summed E-state index contributed by atoms with van der Waals surface area (Å²) in [5, 5.41) is 5.69. The third-order valence-corrected chi connectivity index (χ3v) is 4.69. The molecule has 26 heavy (non-hydrogen) atoms. The van der Waals surface area contributed by atoms with Gasteiger partial charge in [-0.25, -0.2) is 0 Å². The van der Waals surface area contributed by atoms with Gasteiger partial charge in [0, 0.05) is 0 Å². The zero-order valence-electron chi connectivity index (χ0n) is 15.0. The molecule has 6 nitrogen and oxygen atoms in total. The number of carbonyl (C=O) groups is 2. The topological polar surface area (TPSA) is 74.6 Å². The number of hydrogen-bond acceptors (Lipinski definition) is 4. The number of nitrogens with zero attached hydrogens (tertiary/aromatic N) is 1. The maximum absolute atomic E-state index is 12.5. The van der Waals surface area contributed by atoms with E-state index in [9.17, 15) is 9.59 Å². The highest BCUT2D eigenvalue weighted by atomic mass is 16.3. The van der Waals surface area contributed by atoms with Crippen LogP contribution in [-0.2, 0) is 11.3 Å². The fourth-order valence-corrected chi connectivity index (χ4v) is 3.08. The summed E-state index contributed by atoms with van der Waals surface area (Å²) in [6, 6.07) is 10.6. The van der Waals surface area contributed by atoms with E-state index in [1.165, 1.54) is 0 Å². The van der Waals surface area contributed by atoms with Crippen molar-refractivity contribution in [3.63, 3.8) is 0 Å². The van der Waals surface area contributed by atoms with Crippen LogP contribution in [0.15, 0.2) is 47.1 Å². The highest BCUT2D eigenvalue weighted by Crippen LogP contribution is 2.17. The second-order valence-electron chi connectivity index (χ2n) is 6.81. The lowest BCUT2D eigenvalue weighted by atomic mass is 9.99. The van der Waals surface area contributed by atoms with Crippen LogP contribution in [0.3, 0.4) is 0 Å². The minimum Gasteiger partial charge on any atom is -0.467 e. The number of anilines is 1. The van der Waals surface area contributed by atoms with Gasteiger partial charge in [-0.05, 0) is 56.1 Å². The molecule has 0 saturated carbocycles. The van der Waals surface area contributed by atoms with Crippen molar-refractivity contribution in [3.05, 3.63) is 54.0 Å². The predicted molar refractivity (Wildman–Crippen MR) is 99.8 cm³/mol. The van der Waals surface area contributed by atoms with E-state index >= 15 is 0 Å². The van der Waals surface area contributed by atoms with E-state index in [-0.39, 0.29) is 11.8 Å². The third-order valence-electron chi connectivity index (χ3n) is 4.69. The Bertz CT molecular complexity index is 735. The molecule has 138 valence electrons. The number of hydrogen-bond donors (Lipinski definition) is 2. The molecule has 1 fully saturated rings. The van der Waals surface area contributed by atoms with Gasteiger partial charge in [0.2, 0.25) is 5.91 Å². The van der Waals surface area contributed by atoms with Crippen molar-refractivity contribution < 1.29 is 14.0 Å². The van der Waals surface area contributed by atoms with E-state index in [1.54, 1.807) is 36.6 Å². The van der Waals surface area contributed by atoms with Crippen LogP contribution in [0, 0.1) is 5.92 Å². The van der Waals surface area contributed by atoms with Crippen molar-refractivity contribution in [2.24, 2.45) is 5.92 Å². The van der Waals surface area contributed by atoms with Gasteiger partial charge in [0.05, 0.1) is 30.6 Å². The average Bonchev–Trinajstić information content (AvgIpc) is 3.16. The number of carbonyl (C=O) groups excluding carboxylic acids is 2. The SMILES string of the molecule is CC1CCN(CC(=O)Nc2ccccc2C(=O)NCc2ccco2)CC1. The van der Waals surface area contributed by atoms with Crippen LogP contribution in [0.4, 0.5) is 5.69 Å². The summed E-state index contributed by atoms with van der Waals surface area (Å²) >= 11 is 0. The van der Waals surface area contributed by atoms with Gasteiger partial charge in [-0.15, -0.1) is 0 Å². The lowest BCUT2D eigenvalue weighted by Crippen LogP contribution is -2.39. The van der Waals surface area contributed by atoms with Crippen molar-refractivity contribution in [2.45, 2.75) is 26.3 Å². The van der Waals surface area contributed by atoms with Gasteiger partial charge in [0.25, 0.3) is 5.91 Å². The van der Waals surface area contributed by atoms with E-state index in [1.807, 2.05) is 6.07 Å². The fraction of sp³-hybridized carbons (Fsp3) is 0.400. The predicted octanol–water partition coefficient (Wildman–Crippen LogP) is 2.88. The Morgan fingerprint density at radius 1 is 1.15 bits per heavy atom. The van der Waals surface area contributed by atoms with Crippen LogP contribution in [0.1, 0.15) is 35.9 Å². The molecule has 3 rings (SSSR count). The second kappa shape index (κ2) is 8.67. The van der Waals surface area contributed by atoms with E-state index in [0.29, 0.717) is 30.1 Å². The molecule has 1 aromatic heterocycles.